The Hall–Kier alpha value is -1.87. The molecule has 0 unspecified atom stereocenters. The summed E-state index contributed by atoms with van der Waals surface area (Å²) in [5.41, 5.74) is 0.799. The summed E-state index contributed by atoms with van der Waals surface area (Å²) in [5, 5.41) is 10.7. The Labute approximate surface area is 138 Å². The smallest absolute Gasteiger partial charge is 0.324 e. The van der Waals surface area contributed by atoms with E-state index in [0.717, 1.165) is 21.8 Å². The molecule has 1 aliphatic rings. The van der Waals surface area contributed by atoms with E-state index < -0.39 is 0 Å². The number of imide groups is 1. The molecule has 1 N–H and O–H groups in total. The van der Waals surface area contributed by atoms with Gasteiger partial charge in [0.05, 0.1) is 5.75 Å². The van der Waals surface area contributed by atoms with Crippen molar-refractivity contribution in [3.63, 3.8) is 0 Å². The molecule has 0 atom stereocenters. The third-order valence-electron chi connectivity index (χ3n) is 2.97. The van der Waals surface area contributed by atoms with Gasteiger partial charge < -0.3 is 9.73 Å². The maximum absolute atomic E-state index is 11.9. The molecule has 9 heteroatoms. The monoisotopic (exact) mass is 382 g/mol. The summed E-state index contributed by atoms with van der Waals surface area (Å²) in [4.78, 5) is 24.4. The van der Waals surface area contributed by atoms with Crippen LogP contribution in [0.15, 0.2) is 38.4 Å². The molecule has 1 fully saturated rings. The van der Waals surface area contributed by atoms with Crippen molar-refractivity contribution < 1.29 is 14.0 Å². The second-order valence-corrected chi connectivity index (χ2v) is 6.29. The van der Waals surface area contributed by atoms with Gasteiger partial charge in [0, 0.05) is 23.1 Å². The summed E-state index contributed by atoms with van der Waals surface area (Å²) in [6.45, 7) is 0.885. The normalized spacial score (nSPS) is 14.2. The maximum Gasteiger partial charge on any atom is 0.324 e. The summed E-state index contributed by atoms with van der Waals surface area (Å²) >= 11 is 4.47. The molecule has 1 aliphatic heterocycles. The number of halogens is 1. The molecule has 3 rings (SSSR count). The van der Waals surface area contributed by atoms with E-state index in [1.165, 1.54) is 4.90 Å². The first kappa shape index (κ1) is 15.0. The van der Waals surface area contributed by atoms with Gasteiger partial charge in [0.1, 0.15) is 0 Å². The van der Waals surface area contributed by atoms with Gasteiger partial charge >= 0.3 is 6.03 Å². The summed E-state index contributed by atoms with van der Waals surface area (Å²) in [7, 11) is 0. The highest BCUT2D eigenvalue weighted by molar-refractivity contribution is 9.10. The van der Waals surface area contributed by atoms with Crippen LogP contribution in [0.2, 0.25) is 0 Å². The minimum atomic E-state index is -0.355. The third-order valence-corrected chi connectivity index (χ3v) is 4.31. The van der Waals surface area contributed by atoms with Crippen LogP contribution in [0.25, 0.3) is 11.5 Å². The molecule has 1 aromatic carbocycles. The summed E-state index contributed by atoms with van der Waals surface area (Å²) in [5.74, 6) is 0.194. The Bertz CT molecular complexity index is 704. The molecule has 7 nitrogen and oxygen atoms in total. The first-order valence-corrected chi connectivity index (χ1v) is 8.22. The van der Waals surface area contributed by atoms with Crippen molar-refractivity contribution in [1.82, 2.24) is 20.4 Å². The van der Waals surface area contributed by atoms with Crippen LogP contribution in [0, 0.1) is 0 Å². The van der Waals surface area contributed by atoms with Crippen molar-refractivity contribution in [1.29, 1.82) is 0 Å². The van der Waals surface area contributed by atoms with E-state index in [-0.39, 0.29) is 17.7 Å². The predicted molar refractivity (Wildman–Crippen MR) is 83.3 cm³/mol. The maximum atomic E-state index is 11.9. The van der Waals surface area contributed by atoms with E-state index in [2.05, 4.69) is 31.4 Å². The van der Waals surface area contributed by atoms with Gasteiger partial charge in [-0.3, -0.25) is 9.69 Å². The van der Waals surface area contributed by atoms with Gasteiger partial charge in [-0.25, -0.2) is 4.79 Å². The number of hydrogen-bond donors (Lipinski definition) is 1. The van der Waals surface area contributed by atoms with Gasteiger partial charge in [-0.05, 0) is 24.3 Å². The van der Waals surface area contributed by atoms with Crippen molar-refractivity contribution in [3.8, 4) is 11.5 Å². The molecule has 114 valence electrons. The number of nitrogens with one attached hydrogen (secondary N) is 1. The molecule has 0 saturated carbocycles. The van der Waals surface area contributed by atoms with Crippen LogP contribution in [0.5, 0.6) is 0 Å². The SMILES string of the molecule is O=C(CSc1nnc(-c2ccc(Br)cc2)o1)N1CCNC1=O. The lowest BCUT2D eigenvalue weighted by atomic mass is 10.2. The van der Waals surface area contributed by atoms with Gasteiger partial charge in [-0.15, -0.1) is 10.2 Å². The number of amides is 3. The van der Waals surface area contributed by atoms with E-state index in [1.54, 1.807) is 0 Å². The standard InChI is InChI=1S/C13H11BrN4O3S/c14-9-3-1-8(2-4-9)11-16-17-13(21-11)22-7-10(19)18-6-5-15-12(18)20/h1-4H,5-7H2,(H,15,20). The fourth-order valence-electron chi connectivity index (χ4n) is 1.89. The molecule has 3 amide bonds. The molecule has 2 aromatic rings. The number of hydrogen-bond acceptors (Lipinski definition) is 6. The summed E-state index contributed by atoms with van der Waals surface area (Å²) in [6, 6.07) is 7.10. The molecule has 0 aliphatic carbocycles. The van der Waals surface area contributed by atoms with Crippen molar-refractivity contribution in [2.75, 3.05) is 18.8 Å². The van der Waals surface area contributed by atoms with Crippen LogP contribution in [0.3, 0.4) is 0 Å². The lowest BCUT2D eigenvalue weighted by Crippen LogP contribution is -2.35. The molecular formula is C13H11BrN4O3S. The highest BCUT2D eigenvalue weighted by Crippen LogP contribution is 2.24. The molecule has 0 spiro atoms. The molecule has 0 radical (unpaired) electrons. The highest BCUT2D eigenvalue weighted by atomic mass is 79.9. The molecule has 22 heavy (non-hydrogen) atoms. The number of urea groups is 1. The number of nitrogens with zero attached hydrogens (tertiary/aromatic N) is 3. The first-order valence-electron chi connectivity index (χ1n) is 6.44. The van der Waals surface area contributed by atoms with Gasteiger partial charge in [0.15, 0.2) is 0 Å². The van der Waals surface area contributed by atoms with Crippen LogP contribution < -0.4 is 5.32 Å². The minimum absolute atomic E-state index is 0.0788. The number of carbonyl (C=O) groups excluding carboxylic acids is 2. The van der Waals surface area contributed by atoms with Crippen LogP contribution in [0.4, 0.5) is 4.79 Å². The summed E-state index contributed by atoms with van der Waals surface area (Å²) < 4.78 is 6.46. The van der Waals surface area contributed by atoms with E-state index in [9.17, 15) is 9.59 Å². The lowest BCUT2D eigenvalue weighted by Gasteiger charge is -2.10. The second-order valence-electron chi connectivity index (χ2n) is 4.45. The first-order chi connectivity index (χ1) is 10.6. The van der Waals surface area contributed by atoms with Gasteiger partial charge in [-0.1, -0.05) is 27.7 Å². The quantitative estimate of drug-likeness (QED) is 0.814. The van der Waals surface area contributed by atoms with Gasteiger partial charge in [0.2, 0.25) is 11.8 Å². The van der Waals surface area contributed by atoms with Crippen LogP contribution in [-0.2, 0) is 4.79 Å². The van der Waals surface area contributed by atoms with E-state index in [1.807, 2.05) is 24.3 Å². The van der Waals surface area contributed by atoms with Crippen molar-refractivity contribution >= 4 is 39.6 Å². The summed E-state index contributed by atoms with van der Waals surface area (Å²) in [6.07, 6.45) is 0. The Balaban J connectivity index is 1.61. The molecule has 1 saturated heterocycles. The molecule has 0 bridgehead atoms. The molecular weight excluding hydrogens is 372 g/mol. The number of carbonyl (C=O) groups is 2. The Kier molecular flexibility index (Phi) is 4.44. The van der Waals surface area contributed by atoms with E-state index in [0.29, 0.717) is 24.2 Å². The van der Waals surface area contributed by atoms with Crippen molar-refractivity contribution in [2.24, 2.45) is 0 Å². The largest absolute Gasteiger partial charge is 0.411 e. The van der Waals surface area contributed by atoms with Crippen molar-refractivity contribution in [3.05, 3.63) is 28.7 Å². The Morgan fingerprint density at radius 1 is 1.36 bits per heavy atom. The minimum Gasteiger partial charge on any atom is -0.411 e. The van der Waals surface area contributed by atoms with E-state index in [4.69, 9.17) is 4.42 Å². The fraction of sp³-hybridized carbons (Fsp3) is 0.231. The molecule has 1 aromatic heterocycles. The average molecular weight is 383 g/mol. The number of thioether (sulfide) groups is 1. The lowest BCUT2D eigenvalue weighted by molar-refractivity contribution is -0.124. The zero-order valence-corrected chi connectivity index (χ0v) is 13.7. The number of benzene rings is 1. The van der Waals surface area contributed by atoms with Crippen LogP contribution in [-0.4, -0.2) is 45.9 Å². The Morgan fingerprint density at radius 3 is 2.82 bits per heavy atom. The number of aromatic nitrogens is 2. The zero-order valence-electron chi connectivity index (χ0n) is 11.3. The predicted octanol–water partition coefficient (Wildman–Crippen LogP) is 2.14. The van der Waals surface area contributed by atoms with Crippen LogP contribution in [0.1, 0.15) is 0 Å². The van der Waals surface area contributed by atoms with Gasteiger partial charge in [-0.2, -0.15) is 0 Å². The fourth-order valence-corrected chi connectivity index (χ4v) is 2.79. The zero-order chi connectivity index (χ0) is 15.5. The van der Waals surface area contributed by atoms with Crippen LogP contribution >= 0.6 is 27.7 Å². The molecule has 2 heterocycles. The average Bonchev–Trinajstić information content (AvgIpc) is 3.14. The van der Waals surface area contributed by atoms with Crippen molar-refractivity contribution in [2.45, 2.75) is 5.22 Å². The van der Waals surface area contributed by atoms with Gasteiger partial charge in [0.25, 0.3) is 5.22 Å². The third kappa shape index (κ3) is 3.30. The topological polar surface area (TPSA) is 88.3 Å². The Morgan fingerprint density at radius 2 is 2.14 bits per heavy atom. The second kappa shape index (κ2) is 6.49. The number of rotatable bonds is 4. The van der Waals surface area contributed by atoms with E-state index >= 15 is 0 Å². The highest BCUT2D eigenvalue weighted by Gasteiger charge is 2.26.